The molecule has 2 heteroatoms. The molecule has 0 spiro atoms. The molecule has 0 bridgehead atoms. The van der Waals surface area contributed by atoms with Crippen LogP contribution in [0.15, 0.2) is 11.6 Å². The molecule has 0 fully saturated rings. The molecule has 0 saturated carbocycles. The molecule has 0 aliphatic rings. The average Bonchev–Trinajstić information content (AvgIpc) is 2.67. The number of hydrogen-bond donors (Lipinski definition) is 1. The van der Waals surface area contributed by atoms with Crippen LogP contribution in [0.4, 0.5) is 0 Å². The Bertz CT molecular complexity index is 399. The van der Waals surface area contributed by atoms with Gasteiger partial charge in [0.1, 0.15) is 0 Å². The van der Waals surface area contributed by atoms with Gasteiger partial charge < -0.3 is 5.11 Å². The van der Waals surface area contributed by atoms with Gasteiger partial charge in [-0.05, 0) is 25.2 Å². The number of rotatable bonds is 21. The fourth-order valence-electron chi connectivity index (χ4n) is 4.36. The molecule has 0 amide bonds. The van der Waals surface area contributed by atoms with E-state index in [1.165, 1.54) is 109 Å². The quantitative estimate of drug-likeness (QED) is 0.147. The summed E-state index contributed by atoms with van der Waals surface area (Å²) in [5, 5.41) is 8.96. The lowest BCUT2D eigenvalue weighted by Crippen LogP contribution is -2.04. The predicted octanol–water partition coefficient (Wildman–Crippen LogP) is 9.97. The number of unbranched alkanes of at least 4 members (excludes halogenated alkanes) is 15. The summed E-state index contributed by atoms with van der Waals surface area (Å²) in [6.07, 6.45) is 27.0. The van der Waals surface area contributed by atoms with Crippen molar-refractivity contribution in [2.24, 2.45) is 11.8 Å². The first-order valence-electron chi connectivity index (χ1n) is 12.9. The lowest BCUT2D eigenvalue weighted by molar-refractivity contribution is -0.132. The zero-order valence-electron chi connectivity index (χ0n) is 20.3. The Balaban J connectivity index is 0. The van der Waals surface area contributed by atoms with Crippen molar-refractivity contribution in [1.82, 2.24) is 0 Å². The lowest BCUT2D eigenvalue weighted by Gasteiger charge is -2.15. The van der Waals surface area contributed by atoms with Crippen molar-refractivity contribution >= 4 is 5.97 Å². The second-order valence-corrected chi connectivity index (χ2v) is 9.56. The first-order chi connectivity index (χ1) is 14.0. The molecule has 180 valence electrons. The molecule has 0 aromatic carbocycles. The second kappa shape index (κ2) is 22.9. The molecule has 0 radical (unpaired) electrons. The van der Waals surface area contributed by atoms with E-state index in [1.54, 1.807) is 6.92 Å². The first-order valence-corrected chi connectivity index (χ1v) is 12.9. The van der Waals surface area contributed by atoms with E-state index in [1.807, 2.05) is 6.08 Å². The number of aliphatic carboxylic acids is 1. The molecule has 0 heterocycles. The maximum Gasteiger partial charge on any atom is 0.330 e. The van der Waals surface area contributed by atoms with Gasteiger partial charge in [-0.25, -0.2) is 4.79 Å². The highest BCUT2D eigenvalue weighted by molar-refractivity contribution is 5.85. The third-order valence-electron chi connectivity index (χ3n) is 6.20. The SMILES string of the molecule is C.CCCCCCCCCCCCCCCCCC[C@H](C)C[C@H](C)/C=C(\C)C(=O)O. The maximum atomic E-state index is 10.9. The first kappa shape index (κ1) is 31.4. The van der Waals surface area contributed by atoms with E-state index in [0.717, 1.165) is 6.42 Å². The van der Waals surface area contributed by atoms with E-state index in [-0.39, 0.29) is 7.43 Å². The number of hydrogen-bond acceptors (Lipinski definition) is 1. The van der Waals surface area contributed by atoms with Crippen LogP contribution in [0.3, 0.4) is 0 Å². The number of carboxylic acids is 1. The molecule has 0 unspecified atom stereocenters. The molecule has 30 heavy (non-hydrogen) atoms. The minimum Gasteiger partial charge on any atom is -0.478 e. The van der Waals surface area contributed by atoms with E-state index in [4.69, 9.17) is 5.11 Å². The lowest BCUT2D eigenvalue weighted by atomic mass is 9.91. The number of carbonyl (C=O) groups is 1. The minimum absolute atomic E-state index is 0. The van der Waals surface area contributed by atoms with Gasteiger partial charge in [0.2, 0.25) is 0 Å². The van der Waals surface area contributed by atoms with Crippen molar-refractivity contribution in [1.29, 1.82) is 0 Å². The van der Waals surface area contributed by atoms with Crippen molar-refractivity contribution in [3.63, 3.8) is 0 Å². The second-order valence-electron chi connectivity index (χ2n) is 9.56. The normalized spacial score (nSPS) is 13.7. The van der Waals surface area contributed by atoms with Crippen LogP contribution in [0.5, 0.6) is 0 Å². The van der Waals surface area contributed by atoms with Gasteiger partial charge in [0.25, 0.3) is 0 Å². The zero-order chi connectivity index (χ0) is 21.7. The monoisotopic (exact) mass is 424 g/mol. The minimum atomic E-state index is -0.790. The molecule has 0 aromatic rings. The van der Waals surface area contributed by atoms with Crippen molar-refractivity contribution in [3.05, 3.63) is 11.6 Å². The van der Waals surface area contributed by atoms with E-state index >= 15 is 0 Å². The van der Waals surface area contributed by atoms with Crippen LogP contribution in [0.2, 0.25) is 0 Å². The summed E-state index contributed by atoms with van der Waals surface area (Å²) in [4.78, 5) is 10.9. The Labute approximate surface area is 190 Å². The van der Waals surface area contributed by atoms with Gasteiger partial charge in [-0.3, -0.25) is 0 Å². The van der Waals surface area contributed by atoms with Crippen LogP contribution < -0.4 is 0 Å². The Hall–Kier alpha value is -0.790. The molecule has 2 nitrogen and oxygen atoms in total. The summed E-state index contributed by atoms with van der Waals surface area (Å²) in [5.74, 6) is 0.263. The van der Waals surface area contributed by atoms with Crippen molar-refractivity contribution in [3.8, 4) is 0 Å². The van der Waals surface area contributed by atoms with Gasteiger partial charge >= 0.3 is 5.97 Å². The van der Waals surface area contributed by atoms with Crippen LogP contribution in [0.25, 0.3) is 0 Å². The van der Waals surface area contributed by atoms with Gasteiger partial charge in [0, 0.05) is 5.57 Å². The van der Waals surface area contributed by atoms with Crippen LogP contribution >= 0.6 is 0 Å². The largest absolute Gasteiger partial charge is 0.478 e. The summed E-state index contributed by atoms with van der Waals surface area (Å²) in [7, 11) is 0. The third-order valence-corrected chi connectivity index (χ3v) is 6.20. The zero-order valence-corrected chi connectivity index (χ0v) is 20.3. The smallest absolute Gasteiger partial charge is 0.330 e. The molecule has 0 rings (SSSR count). The van der Waals surface area contributed by atoms with Crippen LogP contribution in [-0.2, 0) is 4.79 Å². The summed E-state index contributed by atoms with van der Waals surface area (Å²) in [6, 6.07) is 0. The van der Waals surface area contributed by atoms with Crippen LogP contribution in [0.1, 0.15) is 151 Å². The van der Waals surface area contributed by atoms with Crippen LogP contribution in [-0.4, -0.2) is 11.1 Å². The van der Waals surface area contributed by atoms with Crippen molar-refractivity contribution in [2.75, 3.05) is 0 Å². The van der Waals surface area contributed by atoms with E-state index in [2.05, 4.69) is 20.8 Å². The van der Waals surface area contributed by atoms with Crippen LogP contribution in [0, 0.1) is 11.8 Å². The highest BCUT2D eigenvalue weighted by atomic mass is 16.4. The maximum absolute atomic E-state index is 10.9. The fraction of sp³-hybridized carbons (Fsp3) is 0.893. The van der Waals surface area contributed by atoms with Gasteiger partial charge in [-0.2, -0.15) is 0 Å². The Morgan fingerprint density at radius 1 is 0.733 bits per heavy atom. The van der Waals surface area contributed by atoms with E-state index in [9.17, 15) is 4.79 Å². The number of carboxylic acid groups (broad SMARTS) is 1. The Morgan fingerprint density at radius 2 is 1.10 bits per heavy atom. The molecule has 2 atom stereocenters. The molecular weight excluding hydrogens is 368 g/mol. The molecular formula is C28H56O2. The molecule has 0 aromatic heterocycles. The topological polar surface area (TPSA) is 37.3 Å². The molecule has 0 saturated heterocycles. The van der Waals surface area contributed by atoms with Crippen molar-refractivity contribution in [2.45, 2.75) is 151 Å². The third kappa shape index (κ3) is 21.9. The Kier molecular flexibility index (Phi) is 24.0. The summed E-state index contributed by atoms with van der Waals surface area (Å²) >= 11 is 0. The number of allylic oxidation sites excluding steroid dienone is 1. The highest BCUT2D eigenvalue weighted by Gasteiger charge is 2.09. The van der Waals surface area contributed by atoms with Gasteiger partial charge in [0.15, 0.2) is 0 Å². The summed E-state index contributed by atoms with van der Waals surface area (Å²) < 4.78 is 0. The molecule has 1 N–H and O–H groups in total. The molecule has 0 aliphatic carbocycles. The van der Waals surface area contributed by atoms with Gasteiger partial charge in [0.05, 0.1) is 0 Å². The summed E-state index contributed by atoms with van der Waals surface area (Å²) in [6.45, 7) is 8.43. The standard InChI is InChI=1S/C27H52O2.CH4/c1-5-6-7-8-9-10-11-12-13-14-15-16-17-18-19-20-21-24(2)22-25(3)23-26(4)27(28)29;/h23-25H,5-22H2,1-4H3,(H,28,29);1H4/b26-23+;/t24-,25-;/m0./s1. The average molecular weight is 425 g/mol. The fourth-order valence-corrected chi connectivity index (χ4v) is 4.36. The van der Waals surface area contributed by atoms with Gasteiger partial charge in [-0.1, -0.05) is 143 Å². The van der Waals surface area contributed by atoms with E-state index in [0.29, 0.717) is 17.4 Å². The predicted molar refractivity (Wildman–Crippen MR) is 135 cm³/mol. The molecule has 0 aliphatic heterocycles. The van der Waals surface area contributed by atoms with Gasteiger partial charge in [-0.15, -0.1) is 0 Å². The van der Waals surface area contributed by atoms with Crippen molar-refractivity contribution < 1.29 is 9.90 Å². The van der Waals surface area contributed by atoms with E-state index < -0.39 is 5.97 Å². The Morgan fingerprint density at radius 3 is 1.47 bits per heavy atom. The highest BCUT2D eigenvalue weighted by Crippen LogP contribution is 2.21. The summed E-state index contributed by atoms with van der Waals surface area (Å²) in [5.41, 5.74) is 0.479.